The van der Waals surface area contributed by atoms with Gasteiger partial charge < -0.3 is 25.6 Å². The van der Waals surface area contributed by atoms with Crippen molar-refractivity contribution in [2.45, 2.75) is 19.1 Å². The Morgan fingerprint density at radius 1 is 1.38 bits per heavy atom. The fraction of sp³-hybridized carbons (Fsp3) is 0.385. The molecule has 7 nitrogen and oxygen atoms in total. The number of aliphatic carboxylic acids is 1. The van der Waals surface area contributed by atoms with Crippen LogP contribution in [-0.4, -0.2) is 42.0 Å². The first-order valence-electron chi connectivity index (χ1n) is 6.19. The van der Waals surface area contributed by atoms with Crippen LogP contribution in [0.2, 0.25) is 5.02 Å². The van der Waals surface area contributed by atoms with Gasteiger partial charge in [-0.05, 0) is 12.1 Å². The second kappa shape index (κ2) is 8.33. The number of carbonyl (C=O) groups is 2. The Hall–Kier alpha value is -1.99. The highest BCUT2D eigenvalue weighted by Gasteiger charge is 2.13. The highest BCUT2D eigenvalue weighted by atomic mass is 35.5. The molecule has 0 heterocycles. The predicted molar refractivity (Wildman–Crippen MR) is 76.5 cm³/mol. The van der Waals surface area contributed by atoms with Crippen LogP contribution in [-0.2, 0) is 11.3 Å². The molecule has 21 heavy (non-hydrogen) atoms. The predicted octanol–water partition coefficient (Wildman–Crippen LogP) is 0.983. The molecule has 116 valence electrons. The van der Waals surface area contributed by atoms with Crippen LogP contribution in [0.15, 0.2) is 18.2 Å². The molecule has 0 bridgehead atoms. The molecular weight excluding hydrogens is 300 g/mol. The lowest BCUT2D eigenvalue weighted by Gasteiger charge is -2.12. The molecule has 0 aliphatic carbocycles. The Bertz CT molecular complexity index is 509. The molecule has 0 radical (unpaired) electrons. The van der Waals surface area contributed by atoms with Crippen LogP contribution in [0, 0.1) is 0 Å². The van der Waals surface area contributed by atoms with Crippen LogP contribution in [0.5, 0.6) is 5.75 Å². The van der Waals surface area contributed by atoms with Crippen molar-refractivity contribution < 1.29 is 24.5 Å². The average Bonchev–Trinajstić information content (AvgIpc) is 2.45. The Kier molecular flexibility index (Phi) is 6.77. The molecule has 4 N–H and O–H groups in total. The lowest BCUT2D eigenvalue weighted by atomic mass is 10.2. The van der Waals surface area contributed by atoms with E-state index in [-0.39, 0.29) is 19.5 Å². The number of amides is 2. The number of carbonyl (C=O) groups excluding carboxylic acids is 1. The first-order valence-corrected chi connectivity index (χ1v) is 6.57. The Labute approximate surface area is 126 Å². The number of halogens is 1. The Morgan fingerprint density at radius 2 is 2.10 bits per heavy atom. The van der Waals surface area contributed by atoms with Crippen molar-refractivity contribution in [2.24, 2.45) is 0 Å². The van der Waals surface area contributed by atoms with Crippen molar-refractivity contribution in [3.8, 4) is 5.75 Å². The third kappa shape index (κ3) is 5.49. The third-order valence-corrected chi connectivity index (χ3v) is 3.06. The minimum Gasteiger partial charge on any atom is -0.496 e. The summed E-state index contributed by atoms with van der Waals surface area (Å²) in [7, 11) is 1.50. The average molecular weight is 317 g/mol. The standard InChI is InChI=1S/C13H17ClN2O5/c1-21-11-4-2-3-9(14)8(11)7-16-13(20)15-6-5-10(17)12(18)19/h2-4,10,17H,5-7H2,1H3,(H,18,19)(H2,15,16,20). The zero-order valence-corrected chi connectivity index (χ0v) is 12.2. The second-order valence-electron chi connectivity index (χ2n) is 4.17. The van der Waals surface area contributed by atoms with Gasteiger partial charge in [-0.15, -0.1) is 0 Å². The van der Waals surface area contributed by atoms with Gasteiger partial charge in [-0.25, -0.2) is 9.59 Å². The van der Waals surface area contributed by atoms with Gasteiger partial charge in [0.15, 0.2) is 6.10 Å². The number of benzene rings is 1. The van der Waals surface area contributed by atoms with Crippen LogP contribution in [0.25, 0.3) is 0 Å². The molecule has 0 saturated carbocycles. The molecule has 0 fully saturated rings. The number of methoxy groups -OCH3 is 1. The molecule has 1 unspecified atom stereocenters. The maximum Gasteiger partial charge on any atom is 0.332 e. The van der Waals surface area contributed by atoms with E-state index in [0.29, 0.717) is 16.3 Å². The van der Waals surface area contributed by atoms with Gasteiger partial charge >= 0.3 is 12.0 Å². The first kappa shape index (κ1) is 17.1. The van der Waals surface area contributed by atoms with Gasteiger partial charge in [0, 0.05) is 30.1 Å². The number of nitrogens with one attached hydrogen (secondary N) is 2. The van der Waals surface area contributed by atoms with E-state index < -0.39 is 18.1 Å². The molecule has 0 aliphatic rings. The number of hydrogen-bond acceptors (Lipinski definition) is 4. The summed E-state index contributed by atoms with van der Waals surface area (Å²) in [6, 6.07) is 4.65. The summed E-state index contributed by atoms with van der Waals surface area (Å²) in [5.74, 6) is -0.762. The number of aliphatic hydroxyl groups is 1. The van der Waals surface area contributed by atoms with Gasteiger partial charge in [0.05, 0.1) is 7.11 Å². The van der Waals surface area contributed by atoms with E-state index in [2.05, 4.69) is 10.6 Å². The van der Waals surface area contributed by atoms with E-state index in [1.165, 1.54) is 7.11 Å². The number of hydrogen-bond donors (Lipinski definition) is 4. The van der Waals surface area contributed by atoms with Gasteiger partial charge in [0.2, 0.25) is 0 Å². The minimum absolute atomic E-state index is 0.0406. The van der Waals surface area contributed by atoms with Crippen LogP contribution < -0.4 is 15.4 Å². The molecule has 1 rings (SSSR count). The molecule has 8 heteroatoms. The molecular formula is C13H17ClN2O5. The zero-order chi connectivity index (χ0) is 15.8. The summed E-state index contributed by atoms with van der Waals surface area (Å²) in [6.45, 7) is 0.203. The Morgan fingerprint density at radius 3 is 2.71 bits per heavy atom. The largest absolute Gasteiger partial charge is 0.496 e. The molecule has 0 saturated heterocycles. The van der Waals surface area contributed by atoms with E-state index >= 15 is 0 Å². The summed E-state index contributed by atoms with van der Waals surface area (Å²) in [6.07, 6.45) is -1.56. The first-order chi connectivity index (χ1) is 9.95. The lowest BCUT2D eigenvalue weighted by molar-refractivity contribution is -0.146. The zero-order valence-electron chi connectivity index (χ0n) is 11.4. The summed E-state index contributed by atoms with van der Waals surface area (Å²) < 4.78 is 5.14. The number of urea groups is 1. The normalized spacial score (nSPS) is 11.6. The van der Waals surface area contributed by atoms with E-state index in [9.17, 15) is 9.59 Å². The molecule has 0 aromatic heterocycles. The SMILES string of the molecule is COc1cccc(Cl)c1CNC(=O)NCCC(O)C(=O)O. The van der Waals surface area contributed by atoms with E-state index in [4.69, 9.17) is 26.6 Å². The lowest BCUT2D eigenvalue weighted by Crippen LogP contribution is -2.37. The summed E-state index contributed by atoms with van der Waals surface area (Å²) >= 11 is 6.02. The second-order valence-corrected chi connectivity index (χ2v) is 4.58. The number of carboxylic acid groups (broad SMARTS) is 1. The van der Waals surface area contributed by atoms with Gasteiger partial charge in [0.1, 0.15) is 5.75 Å². The highest BCUT2D eigenvalue weighted by Crippen LogP contribution is 2.25. The van der Waals surface area contributed by atoms with Crippen molar-refractivity contribution in [3.63, 3.8) is 0 Å². The Balaban J connectivity index is 2.42. The summed E-state index contributed by atoms with van der Waals surface area (Å²) in [5, 5.41) is 23.0. The molecule has 0 aliphatic heterocycles. The van der Waals surface area contributed by atoms with Crippen molar-refractivity contribution >= 4 is 23.6 Å². The van der Waals surface area contributed by atoms with Crippen molar-refractivity contribution in [2.75, 3.05) is 13.7 Å². The number of carboxylic acids is 1. The quantitative estimate of drug-likeness (QED) is 0.600. The van der Waals surface area contributed by atoms with Crippen molar-refractivity contribution in [1.82, 2.24) is 10.6 Å². The molecule has 1 atom stereocenters. The highest BCUT2D eigenvalue weighted by molar-refractivity contribution is 6.31. The van der Waals surface area contributed by atoms with Crippen LogP contribution in [0.1, 0.15) is 12.0 Å². The van der Waals surface area contributed by atoms with Crippen molar-refractivity contribution in [1.29, 1.82) is 0 Å². The van der Waals surface area contributed by atoms with E-state index in [1.807, 2.05) is 0 Å². The van der Waals surface area contributed by atoms with Crippen LogP contribution >= 0.6 is 11.6 Å². The van der Waals surface area contributed by atoms with E-state index in [1.54, 1.807) is 18.2 Å². The minimum atomic E-state index is -1.49. The van der Waals surface area contributed by atoms with Gasteiger partial charge in [-0.1, -0.05) is 17.7 Å². The maximum atomic E-state index is 11.5. The number of ether oxygens (including phenoxy) is 1. The van der Waals surface area contributed by atoms with Crippen molar-refractivity contribution in [3.05, 3.63) is 28.8 Å². The van der Waals surface area contributed by atoms with Gasteiger partial charge in [-0.2, -0.15) is 0 Å². The fourth-order valence-electron chi connectivity index (χ4n) is 1.58. The number of rotatable bonds is 7. The van der Waals surface area contributed by atoms with Crippen LogP contribution in [0.4, 0.5) is 4.79 Å². The molecule has 1 aromatic carbocycles. The summed E-state index contributed by atoms with van der Waals surface area (Å²) in [5.41, 5.74) is 0.641. The van der Waals surface area contributed by atoms with Gasteiger partial charge in [-0.3, -0.25) is 0 Å². The number of aliphatic hydroxyl groups excluding tert-OH is 1. The molecule has 1 aromatic rings. The third-order valence-electron chi connectivity index (χ3n) is 2.71. The fourth-order valence-corrected chi connectivity index (χ4v) is 1.81. The van der Waals surface area contributed by atoms with E-state index in [0.717, 1.165) is 0 Å². The summed E-state index contributed by atoms with van der Waals surface area (Å²) in [4.78, 5) is 21.9. The topological polar surface area (TPSA) is 108 Å². The smallest absolute Gasteiger partial charge is 0.332 e. The van der Waals surface area contributed by atoms with Gasteiger partial charge in [0.25, 0.3) is 0 Å². The molecule has 0 spiro atoms. The maximum absolute atomic E-state index is 11.5. The van der Waals surface area contributed by atoms with Crippen LogP contribution in [0.3, 0.4) is 0 Å². The monoisotopic (exact) mass is 316 g/mol. The molecule has 2 amide bonds.